The Kier molecular flexibility index (Phi) is 5.66. The Morgan fingerprint density at radius 3 is 2.88 bits per heavy atom. The van der Waals surface area contributed by atoms with Crippen molar-refractivity contribution in [3.8, 4) is 10.7 Å². The lowest BCUT2D eigenvalue weighted by atomic mass is 10.2. The summed E-state index contributed by atoms with van der Waals surface area (Å²) in [5, 5.41) is 8.58. The Labute approximate surface area is 148 Å². The number of rotatable bonds is 7. The van der Waals surface area contributed by atoms with Crippen LogP contribution in [-0.2, 0) is 17.1 Å². The highest BCUT2D eigenvalue weighted by Gasteiger charge is 2.15. The summed E-state index contributed by atoms with van der Waals surface area (Å²) in [5.74, 6) is 1.73. The predicted molar refractivity (Wildman–Crippen MR) is 96.7 cm³/mol. The first-order chi connectivity index (χ1) is 11.7. The number of carbonyl (C=O) groups is 1. The van der Waals surface area contributed by atoms with Gasteiger partial charge in [-0.2, -0.15) is 4.98 Å². The molecule has 0 aliphatic carbocycles. The van der Waals surface area contributed by atoms with Crippen molar-refractivity contribution in [3.05, 3.63) is 59.3 Å². The number of thiophene rings is 1. The van der Waals surface area contributed by atoms with E-state index in [1.807, 2.05) is 42.6 Å². The fourth-order valence-corrected chi connectivity index (χ4v) is 3.53. The van der Waals surface area contributed by atoms with Crippen molar-refractivity contribution < 1.29 is 9.32 Å². The lowest BCUT2D eigenvalue weighted by molar-refractivity contribution is -0.120. The molecule has 24 heavy (non-hydrogen) atoms. The van der Waals surface area contributed by atoms with Crippen LogP contribution in [0, 0.1) is 0 Å². The molecule has 1 aromatic carbocycles. The van der Waals surface area contributed by atoms with Crippen LogP contribution in [0.3, 0.4) is 0 Å². The van der Waals surface area contributed by atoms with Crippen molar-refractivity contribution in [1.29, 1.82) is 0 Å². The molecule has 1 N–H and O–H groups in total. The van der Waals surface area contributed by atoms with Crippen LogP contribution in [0.25, 0.3) is 10.7 Å². The third-order valence-corrected chi connectivity index (χ3v) is 5.42. The normalized spacial score (nSPS) is 12.0. The first kappa shape index (κ1) is 16.7. The third kappa shape index (κ3) is 4.46. The molecule has 3 aromatic rings. The maximum atomic E-state index is 12.2. The van der Waals surface area contributed by atoms with E-state index in [1.54, 1.807) is 23.1 Å². The van der Waals surface area contributed by atoms with Crippen molar-refractivity contribution in [3.63, 3.8) is 0 Å². The van der Waals surface area contributed by atoms with Gasteiger partial charge in [-0.3, -0.25) is 4.79 Å². The van der Waals surface area contributed by atoms with Crippen LogP contribution in [0.2, 0.25) is 0 Å². The second-order valence-electron chi connectivity index (χ2n) is 5.15. The molecule has 0 spiro atoms. The zero-order valence-electron chi connectivity index (χ0n) is 13.1. The van der Waals surface area contributed by atoms with Gasteiger partial charge in [0.25, 0.3) is 0 Å². The minimum Gasteiger partial charge on any atom is -0.346 e. The molecular weight excluding hydrogens is 342 g/mol. The Morgan fingerprint density at radius 2 is 2.12 bits per heavy atom. The molecule has 0 unspecified atom stereocenters. The average Bonchev–Trinajstić information content (AvgIpc) is 3.29. The second kappa shape index (κ2) is 8.12. The fourth-order valence-electron chi connectivity index (χ4n) is 2.01. The molecule has 2 heterocycles. The summed E-state index contributed by atoms with van der Waals surface area (Å²) in [6.45, 7) is 2.14. The van der Waals surface area contributed by atoms with Gasteiger partial charge in [0.05, 0.1) is 16.7 Å². The van der Waals surface area contributed by atoms with E-state index < -0.39 is 0 Å². The molecule has 0 aliphatic rings. The molecule has 3 rings (SSSR count). The first-order valence-electron chi connectivity index (χ1n) is 7.52. The number of carbonyl (C=O) groups excluding carboxylic acids is 1. The highest BCUT2D eigenvalue weighted by atomic mass is 32.2. The Hall–Kier alpha value is -2.12. The summed E-state index contributed by atoms with van der Waals surface area (Å²) < 4.78 is 5.17. The number of benzene rings is 1. The minimum atomic E-state index is -0.148. The molecule has 2 aromatic heterocycles. The molecule has 0 fully saturated rings. The van der Waals surface area contributed by atoms with Gasteiger partial charge < -0.3 is 9.84 Å². The van der Waals surface area contributed by atoms with Crippen molar-refractivity contribution in [2.45, 2.75) is 24.5 Å². The summed E-state index contributed by atoms with van der Waals surface area (Å²) in [6.07, 6.45) is 0. The van der Waals surface area contributed by atoms with Crippen LogP contribution in [-0.4, -0.2) is 21.3 Å². The molecule has 5 nitrogen and oxygen atoms in total. The van der Waals surface area contributed by atoms with Crippen molar-refractivity contribution in [1.82, 2.24) is 15.5 Å². The number of hydrogen-bond acceptors (Lipinski definition) is 6. The van der Waals surface area contributed by atoms with E-state index in [1.165, 1.54) is 5.56 Å². The number of hydrogen-bond donors (Lipinski definition) is 1. The van der Waals surface area contributed by atoms with Gasteiger partial charge in [-0.05, 0) is 23.9 Å². The summed E-state index contributed by atoms with van der Waals surface area (Å²) in [7, 11) is 0. The van der Waals surface area contributed by atoms with E-state index in [4.69, 9.17) is 4.52 Å². The van der Waals surface area contributed by atoms with E-state index in [9.17, 15) is 4.79 Å². The SMILES string of the molecule is C[C@H](SCc1ccccc1)C(=O)NCc1nc(-c2cccs2)no1. The third-order valence-electron chi connectivity index (χ3n) is 3.34. The van der Waals surface area contributed by atoms with Gasteiger partial charge >= 0.3 is 0 Å². The standard InChI is InChI=1S/C17H17N3O2S2/c1-12(24-11-13-6-3-2-4-7-13)17(21)18-10-15-19-16(20-22-15)14-8-5-9-23-14/h2-9,12H,10-11H2,1H3,(H,18,21)/t12-/m0/s1. The van der Waals surface area contributed by atoms with E-state index in [0.717, 1.165) is 10.6 Å². The highest BCUT2D eigenvalue weighted by molar-refractivity contribution is 7.99. The van der Waals surface area contributed by atoms with Crippen LogP contribution >= 0.6 is 23.1 Å². The van der Waals surface area contributed by atoms with Crippen LogP contribution < -0.4 is 5.32 Å². The summed E-state index contributed by atoms with van der Waals surface area (Å²) in [5.41, 5.74) is 1.21. The van der Waals surface area contributed by atoms with Crippen molar-refractivity contribution >= 4 is 29.0 Å². The van der Waals surface area contributed by atoms with Crippen molar-refractivity contribution in [2.75, 3.05) is 0 Å². The number of thioether (sulfide) groups is 1. The average molecular weight is 359 g/mol. The van der Waals surface area contributed by atoms with Gasteiger partial charge in [0, 0.05) is 5.75 Å². The molecule has 1 atom stereocenters. The maximum Gasteiger partial charge on any atom is 0.246 e. The van der Waals surface area contributed by atoms with Crippen LogP contribution in [0.4, 0.5) is 0 Å². The number of nitrogens with one attached hydrogen (secondary N) is 1. The van der Waals surface area contributed by atoms with E-state index in [-0.39, 0.29) is 17.7 Å². The second-order valence-corrected chi connectivity index (χ2v) is 7.42. The lowest BCUT2D eigenvalue weighted by Gasteiger charge is -2.10. The van der Waals surface area contributed by atoms with Gasteiger partial charge in [0.1, 0.15) is 0 Å². The lowest BCUT2D eigenvalue weighted by Crippen LogP contribution is -2.30. The number of aromatic nitrogens is 2. The molecule has 0 saturated heterocycles. The van der Waals surface area contributed by atoms with Gasteiger partial charge in [-0.15, -0.1) is 23.1 Å². The molecule has 0 radical (unpaired) electrons. The maximum absolute atomic E-state index is 12.2. The van der Waals surface area contributed by atoms with Crippen LogP contribution in [0.1, 0.15) is 18.4 Å². The van der Waals surface area contributed by atoms with Gasteiger partial charge in [0.2, 0.25) is 17.6 Å². The summed E-state index contributed by atoms with van der Waals surface area (Å²) >= 11 is 3.15. The molecule has 0 bridgehead atoms. The monoisotopic (exact) mass is 359 g/mol. The Bertz CT molecular complexity index is 772. The van der Waals surface area contributed by atoms with Gasteiger partial charge in [-0.25, -0.2) is 0 Å². The first-order valence-corrected chi connectivity index (χ1v) is 9.45. The Balaban J connectivity index is 1.46. The van der Waals surface area contributed by atoms with E-state index in [2.05, 4.69) is 27.6 Å². The summed E-state index contributed by atoms with van der Waals surface area (Å²) in [6, 6.07) is 14.0. The van der Waals surface area contributed by atoms with Crippen molar-refractivity contribution in [2.24, 2.45) is 0 Å². The Morgan fingerprint density at radius 1 is 1.29 bits per heavy atom. The molecule has 1 amide bonds. The molecular formula is C17H17N3O2S2. The molecule has 124 valence electrons. The smallest absolute Gasteiger partial charge is 0.246 e. The molecule has 0 aliphatic heterocycles. The van der Waals surface area contributed by atoms with E-state index in [0.29, 0.717) is 11.7 Å². The van der Waals surface area contributed by atoms with Crippen LogP contribution in [0.5, 0.6) is 0 Å². The number of nitrogens with zero attached hydrogens (tertiary/aromatic N) is 2. The van der Waals surface area contributed by atoms with Gasteiger partial charge in [-0.1, -0.05) is 41.6 Å². The van der Waals surface area contributed by atoms with E-state index >= 15 is 0 Å². The number of amides is 1. The quantitative estimate of drug-likeness (QED) is 0.696. The largest absolute Gasteiger partial charge is 0.346 e. The molecule has 0 saturated carbocycles. The molecule has 7 heteroatoms. The zero-order chi connectivity index (χ0) is 16.8. The van der Waals surface area contributed by atoms with Gasteiger partial charge in [0.15, 0.2) is 0 Å². The van der Waals surface area contributed by atoms with Crippen LogP contribution in [0.15, 0.2) is 52.4 Å². The highest BCUT2D eigenvalue weighted by Crippen LogP contribution is 2.21. The minimum absolute atomic E-state index is 0.0354. The summed E-state index contributed by atoms with van der Waals surface area (Å²) in [4.78, 5) is 17.4. The fraction of sp³-hybridized carbons (Fsp3) is 0.235. The zero-order valence-corrected chi connectivity index (χ0v) is 14.8. The topological polar surface area (TPSA) is 68.0 Å². The predicted octanol–water partition coefficient (Wildman–Crippen LogP) is 3.74.